The van der Waals surface area contributed by atoms with E-state index in [0.29, 0.717) is 18.5 Å². The summed E-state index contributed by atoms with van der Waals surface area (Å²) in [6.45, 7) is 0.615. The molecule has 20 heavy (non-hydrogen) atoms. The number of nitrogens with one attached hydrogen (secondary N) is 1. The van der Waals surface area contributed by atoms with E-state index >= 15 is 0 Å². The Balaban J connectivity index is 2.40. The highest BCUT2D eigenvalue weighted by Gasteiger charge is 2.17. The molecule has 0 bridgehead atoms. The molecule has 0 atom stereocenters. The normalized spacial score (nSPS) is 11.9. The maximum Gasteiger partial charge on any atom is 0.251 e. The van der Waals surface area contributed by atoms with Crippen LogP contribution in [-0.4, -0.2) is 32.0 Å². The molecule has 0 amide bonds. The van der Waals surface area contributed by atoms with Crippen LogP contribution in [0.4, 0.5) is 13.2 Å². The molecule has 0 aliphatic heterocycles. The van der Waals surface area contributed by atoms with Crippen molar-refractivity contribution < 1.29 is 13.2 Å². The van der Waals surface area contributed by atoms with Crippen LogP contribution >= 0.6 is 11.3 Å². The molecule has 0 aliphatic carbocycles. The molecule has 0 spiro atoms. The van der Waals surface area contributed by atoms with Gasteiger partial charge in [-0.15, -0.1) is 11.3 Å². The predicted octanol–water partition coefficient (Wildman–Crippen LogP) is 3.46. The summed E-state index contributed by atoms with van der Waals surface area (Å²) < 4.78 is 39.8. The van der Waals surface area contributed by atoms with Crippen molar-refractivity contribution in [3.63, 3.8) is 0 Å². The Labute approximate surface area is 120 Å². The molecule has 0 unspecified atom stereocenters. The summed E-state index contributed by atoms with van der Waals surface area (Å²) in [5, 5.41) is 3.60. The highest BCUT2D eigenvalue weighted by Crippen LogP contribution is 2.34. The van der Waals surface area contributed by atoms with Gasteiger partial charge in [-0.25, -0.2) is 13.2 Å². The fraction of sp³-hybridized carbons (Fsp3) is 0.429. The van der Waals surface area contributed by atoms with Crippen LogP contribution in [-0.2, 0) is 13.1 Å². The lowest BCUT2D eigenvalue weighted by atomic mass is 10.1. The Morgan fingerprint density at radius 3 is 2.75 bits per heavy atom. The van der Waals surface area contributed by atoms with Gasteiger partial charge in [0, 0.05) is 28.1 Å². The van der Waals surface area contributed by atoms with Crippen LogP contribution in [0.2, 0.25) is 0 Å². The van der Waals surface area contributed by atoms with Gasteiger partial charge in [-0.3, -0.25) is 4.90 Å². The van der Waals surface area contributed by atoms with Crippen LogP contribution in [0.15, 0.2) is 18.2 Å². The molecule has 2 aromatic rings. The summed E-state index contributed by atoms with van der Waals surface area (Å²) in [6, 6.07) is 4.94. The highest BCUT2D eigenvalue weighted by atomic mass is 32.1. The monoisotopic (exact) mass is 302 g/mol. The zero-order valence-corrected chi connectivity index (χ0v) is 12.2. The van der Waals surface area contributed by atoms with Gasteiger partial charge in [-0.1, -0.05) is 6.07 Å². The molecule has 6 heteroatoms. The molecule has 2 rings (SSSR count). The SMILES string of the molecule is CNCc1sc2cccc(F)c2c1CN(C)CC(F)F. The van der Waals surface area contributed by atoms with E-state index in [1.54, 1.807) is 13.1 Å². The molecular formula is C14H17F3N2S. The van der Waals surface area contributed by atoms with Gasteiger partial charge in [-0.2, -0.15) is 0 Å². The summed E-state index contributed by atoms with van der Waals surface area (Å²) >= 11 is 1.51. The Morgan fingerprint density at radius 2 is 2.10 bits per heavy atom. The predicted molar refractivity (Wildman–Crippen MR) is 76.9 cm³/mol. The number of alkyl halides is 2. The number of hydrogen-bond acceptors (Lipinski definition) is 3. The lowest BCUT2D eigenvalue weighted by Gasteiger charge is -2.17. The second-order valence-electron chi connectivity index (χ2n) is 4.73. The Bertz CT molecular complexity index is 583. The minimum absolute atomic E-state index is 0.290. The number of nitrogens with zero attached hydrogens (tertiary/aromatic N) is 1. The number of hydrogen-bond donors (Lipinski definition) is 1. The van der Waals surface area contributed by atoms with E-state index in [-0.39, 0.29) is 12.4 Å². The van der Waals surface area contributed by atoms with Gasteiger partial charge >= 0.3 is 0 Å². The number of halogens is 3. The topological polar surface area (TPSA) is 15.3 Å². The van der Waals surface area contributed by atoms with Gasteiger partial charge in [0.05, 0.1) is 6.54 Å². The summed E-state index contributed by atoms with van der Waals surface area (Å²) in [4.78, 5) is 2.52. The third-order valence-corrected chi connectivity index (χ3v) is 4.26. The first-order chi connectivity index (χ1) is 9.52. The molecular weight excluding hydrogens is 285 g/mol. The molecule has 0 radical (unpaired) electrons. The first kappa shape index (κ1) is 15.3. The van der Waals surface area contributed by atoms with Crippen molar-refractivity contribution in [3.8, 4) is 0 Å². The van der Waals surface area contributed by atoms with Gasteiger partial charge in [0.1, 0.15) is 5.82 Å². The van der Waals surface area contributed by atoms with Gasteiger partial charge in [0.2, 0.25) is 0 Å². The number of benzene rings is 1. The van der Waals surface area contributed by atoms with E-state index in [1.165, 1.54) is 22.3 Å². The lowest BCUT2D eigenvalue weighted by molar-refractivity contribution is 0.0976. The van der Waals surface area contributed by atoms with Crippen molar-refractivity contribution in [1.29, 1.82) is 0 Å². The van der Waals surface area contributed by atoms with Crippen molar-refractivity contribution in [3.05, 3.63) is 34.5 Å². The van der Waals surface area contributed by atoms with Gasteiger partial charge in [0.15, 0.2) is 0 Å². The number of rotatable bonds is 6. The summed E-state index contributed by atoms with van der Waals surface area (Å²) in [5.74, 6) is -0.290. The lowest BCUT2D eigenvalue weighted by Crippen LogP contribution is -2.24. The van der Waals surface area contributed by atoms with Crippen LogP contribution in [0.3, 0.4) is 0 Å². The minimum Gasteiger partial charge on any atom is -0.315 e. The highest BCUT2D eigenvalue weighted by molar-refractivity contribution is 7.19. The zero-order chi connectivity index (χ0) is 14.7. The Hall–Kier alpha value is -1.11. The summed E-state index contributed by atoms with van der Waals surface area (Å²) in [7, 11) is 3.44. The third-order valence-electron chi connectivity index (χ3n) is 3.06. The molecule has 1 heterocycles. The fourth-order valence-electron chi connectivity index (χ4n) is 2.26. The average molecular weight is 302 g/mol. The van der Waals surface area contributed by atoms with Gasteiger partial charge < -0.3 is 5.32 Å². The molecule has 0 fully saturated rings. The molecule has 110 valence electrons. The molecule has 1 N–H and O–H groups in total. The second-order valence-corrected chi connectivity index (χ2v) is 5.87. The molecule has 2 nitrogen and oxygen atoms in total. The second kappa shape index (κ2) is 6.56. The van der Waals surface area contributed by atoms with Crippen LogP contribution in [0.1, 0.15) is 10.4 Å². The summed E-state index contributed by atoms with van der Waals surface area (Å²) in [6.07, 6.45) is -2.39. The maximum absolute atomic E-state index is 14.0. The maximum atomic E-state index is 14.0. The fourth-order valence-corrected chi connectivity index (χ4v) is 3.50. The van der Waals surface area contributed by atoms with Crippen LogP contribution < -0.4 is 5.32 Å². The molecule has 0 saturated heterocycles. The zero-order valence-electron chi connectivity index (χ0n) is 11.4. The molecule has 1 aromatic heterocycles. The number of fused-ring (bicyclic) bond motifs is 1. The smallest absolute Gasteiger partial charge is 0.251 e. The Morgan fingerprint density at radius 1 is 1.35 bits per heavy atom. The van der Waals surface area contributed by atoms with Gasteiger partial charge in [0.25, 0.3) is 6.43 Å². The van der Waals surface area contributed by atoms with E-state index in [1.807, 2.05) is 13.1 Å². The van der Waals surface area contributed by atoms with E-state index in [4.69, 9.17) is 0 Å². The van der Waals surface area contributed by atoms with E-state index in [2.05, 4.69) is 5.32 Å². The number of thiophene rings is 1. The van der Waals surface area contributed by atoms with Crippen molar-refractivity contribution in [2.24, 2.45) is 0 Å². The first-order valence-corrected chi connectivity index (χ1v) is 7.14. The van der Waals surface area contributed by atoms with Crippen molar-refractivity contribution in [2.45, 2.75) is 19.5 Å². The van der Waals surface area contributed by atoms with E-state index in [9.17, 15) is 13.2 Å². The standard InChI is InChI=1S/C14H17F3N2S/c1-18-6-12-9(7-19(2)8-13(16)17)14-10(15)4-3-5-11(14)20-12/h3-5,13,18H,6-8H2,1-2H3. The third kappa shape index (κ3) is 3.31. The van der Waals surface area contributed by atoms with Crippen molar-refractivity contribution in [1.82, 2.24) is 10.2 Å². The average Bonchev–Trinajstić information content (AvgIpc) is 2.68. The van der Waals surface area contributed by atoms with Crippen molar-refractivity contribution >= 4 is 21.4 Å². The Kier molecular flexibility index (Phi) is 5.01. The van der Waals surface area contributed by atoms with Crippen molar-refractivity contribution in [2.75, 3.05) is 20.6 Å². The minimum atomic E-state index is -2.39. The molecule has 0 saturated carbocycles. The quantitative estimate of drug-likeness (QED) is 0.879. The largest absolute Gasteiger partial charge is 0.315 e. The van der Waals surface area contributed by atoms with Crippen LogP contribution in [0.5, 0.6) is 0 Å². The van der Waals surface area contributed by atoms with Crippen LogP contribution in [0, 0.1) is 5.82 Å². The van der Waals surface area contributed by atoms with E-state index in [0.717, 1.165) is 15.1 Å². The van der Waals surface area contributed by atoms with Crippen LogP contribution in [0.25, 0.3) is 10.1 Å². The van der Waals surface area contributed by atoms with E-state index < -0.39 is 6.43 Å². The van der Waals surface area contributed by atoms with Gasteiger partial charge in [-0.05, 0) is 31.8 Å². The summed E-state index contributed by atoms with van der Waals surface area (Å²) in [5.41, 5.74) is 0.806. The molecule has 0 aliphatic rings. The molecule has 1 aromatic carbocycles. The first-order valence-electron chi connectivity index (χ1n) is 6.33.